The summed E-state index contributed by atoms with van der Waals surface area (Å²) in [4.78, 5) is 13.9. The van der Waals surface area contributed by atoms with Gasteiger partial charge in [0.05, 0.1) is 12.5 Å². The van der Waals surface area contributed by atoms with Crippen molar-refractivity contribution in [3.05, 3.63) is 65.5 Å². The molecular formula is C19H22FNO3. The van der Waals surface area contributed by atoms with Crippen molar-refractivity contribution in [2.75, 3.05) is 7.05 Å². The van der Waals surface area contributed by atoms with Crippen LogP contribution in [-0.2, 0) is 11.2 Å². The van der Waals surface area contributed by atoms with Gasteiger partial charge in [0.2, 0.25) is 5.91 Å². The summed E-state index contributed by atoms with van der Waals surface area (Å²) in [7, 11) is 1.69. The highest BCUT2D eigenvalue weighted by atomic mass is 19.1. The van der Waals surface area contributed by atoms with Crippen LogP contribution in [0.25, 0.3) is 0 Å². The van der Waals surface area contributed by atoms with Crippen LogP contribution in [0.1, 0.15) is 30.6 Å². The number of carbonyl (C=O) groups is 1. The lowest BCUT2D eigenvalue weighted by Gasteiger charge is -2.26. The third kappa shape index (κ3) is 4.80. The van der Waals surface area contributed by atoms with Gasteiger partial charge in [-0.1, -0.05) is 24.3 Å². The fourth-order valence-corrected chi connectivity index (χ4v) is 2.50. The van der Waals surface area contributed by atoms with Crippen LogP contribution in [0.4, 0.5) is 4.39 Å². The van der Waals surface area contributed by atoms with Crippen molar-refractivity contribution in [2.45, 2.75) is 31.9 Å². The van der Waals surface area contributed by atoms with Gasteiger partial charge in [-0.2, -0.15) is 0 Å². The molecule has 0 radical (unpaired) electrons. The summed E-state index contributed by atoms with van der Waals surface area (Å²) in [6, 6.07) is 12.4. The van der Waals surface area contributed by atoms with Crippen LogP contribution in [0.15, 0.2) is 48.5 Å². The number of aliphatic hydroxyl groups is 1. The Morgan fingerprint density at radius 3 is 2.50 bits per heavy atom. The van der Waals surface area contributed by atoms with E-state index in [4.69, 9.17) is 0 Å². The molecule has 24 heavy (non-hydrogen) atoms. The molecule has 2 aromatic carbocycles. The minimum absolute atomic E-state index is 0.0678. The summed E-state index contributed by atoms with van der Waals surface area (Å²) < 4.78 is 13.2. The molecule has 4 nitrogen and oxygen atoms in total. The van der Waals surface area contributed by atoms with Crippen LogP contribution >= 0.6 is 0 Å². The predicted molar refractivity (Wildman–Crippen MR) is 90.0 cm³/mol. The molecule has 2 atom stereocenters. The lowest BCUT2D eigenvalue weighted by Crippen LogP contribution is -2.37. The van der Waals surface area contributed by atoms with E-state index < -0.39 is 11.9 Å². The first-order chi connectivity index (χ1) is 11.4. The Hall–Kier alpha value is -2.40. The molecule has 0 saturated heterocycles. The molecule has 0 heterocycles. The zero-order chi connectivity index (χ0) is 17.7. The van der Waals surface area contributed by atoms with Crippen LogP contribution in [0.5, 0.6) is 5.75 Å². The number of halogens is 1. The number of aliphatic hydroxyl groups excluding tert-OH is 1. The second-order valence-electron chi connectivity index (χ2n) is 6.00. The third-order valence-electron chi connectivity index (χ3n) is 4.12. The van der Waals surface area contributed by atoms with E-state index in [1.54, 1.807) is 30.1 Å². The van der Waals surface area contributed by atoms with Crippen LogP contribution in [0.2, 0.25) is 0 Å². The molecule has 2 aromatic rings. The van der Waals surface area contributed by atoms with Gasteiger partial charge in [-0.3, -0.25) is 4.79 Å². The summed E-state index contributed by atoms with van der Waals surface area (Å²) in [6.07, 6.45) is -0.491. The van der Waals surface area contributed by atoms with Gasteiger partial charge in [-0.25, -0.2) is 4.39 Å². The van der Waals surface area contributed by atoms with Crippen molar-refractivity contribution < 1.29 is 19.4 Å². The minimum atomic E-state index is -1.03. The van der Waals surface area contributed by atoms with Crippen molar-refractivity contribution in [3.8, 4) is 5.75 Å². The molecule has 128 valence electrons. The summed E-state index contributed by atoms with van der Waals surface area (Å²) in [5.74, 6) is -0.444. The average molecular weight is 331 g/mol. The maximum absolute atomic E-state index is 13.2. The van der Waals surface area contributed by atoms with Gasteiger partial charge in [-0.05, 0) is 48.7 Å². The van der Waals surface area contributed by atoms with Crippen molar-refractivity contribution in [1.29, 1.82) is 0 Å². The molecule has 0 aliphatic carbocycles. The van der Waals surface area contributed by atoms with Crippen LogP contribution in [0.3, 0.4) is 0 Å². The monoisotopic (exact) mass is 331 g/mol. The molecule has 0 aliphatic heterocycles. The van der Waals surface area contributed by atoms with Crippen molar-refractivity contribution in [1.82, 2.24) is 4.90 Å². The summed E-state index contributed by atoms with van der Waals surface area (Å²) in [6.45, 7) is 1.92. The van der Waals surface area contributed by atoms with Crippen LogP contribution < -0.4 is 0 Å². The van der Waals surface area contributed by atoms with E-state index >= 15 is 0 Å². The lowest BCUT2D eigenvalue weighted by atomic mass is 10.0. The van der Waals surface area contributed by atoms with Crippen molar-refractivity contribution >= 4 is 5.91 Å². The summed E-state index contributed by atoms with van der Waals surface area (Å²) in [5, 5.41) is 19.4. The zero-order valence-corrected chi connectivity index (χ0v) is 13.8. The number of rotatable bonds is 6. The molecular weight excluding hydrogens is 309 g/mol. The molecule has 0 bridgehead atoms. The van der Waals surface area contributed by atoms with Crippen LogP contribution in [-0.4, -0.2) is 34.1 Å². The Morgan fingerprint density at radius 1 is 1.21 bits per heavy atom. The van der Waals surface area contributed by atoms with Crippen LogP contribution in [0, 0.1) is 5.82 Å². The third-order valence-corrected chi connectivity index (χ3v) is 4.12. The maximum atomic E-state index is 13.2. The number of phenols is 1. The second-order valence-corrected chi connectivity index (χ2v) is 6.00. The molecule has 5 heteroatoms. The van der Waals surface area contributed by atoms with E-state index in [1.807, 2.05) is 19.1 Å². The SMILES string of the molecule is CC(Cc1ccc(O)cc1)N(C)C(=O)CC(O)c1cccc(F)c1. The molecule has 2 rings (SSSR count). The predicted octanol–water partition coefficient (Wildman–Crippen LogP) is 3.04. The Morgan fingerprint density at radius 2 is 1.88 bits per heavy atom. The quantitative estimate of drug-likeness (QED) is 0.855. The fraction of sp³-hybridized carbons (Fsp3) is 0.316. The van der Waals surface area contributed by atoms with Gasteiger partial charge in [0.15, 0.2) is 0 Å². The largest absolute Gasteiger partial charge is 0.508 e. The van der Waals surface area contributed by atoms with Gasteiger partial charge in [-0.15, -0.1) is 0 Å². The number of hydrogen-bond acceptors (Lipinski definition) is 3. The molecule has 2 N–H and O–H groups in total. The Bertz CT molecular complexity index is 687. The van der Waals surface area contributed by atoms with E-state index in [0.29, 0.717) is 12.0 Å². The molecule has 0 spiro atoms. The second kappa shape index (κ2) is 7.93. The van der Waals surface area contributed by atoms with E-state index in [-0.39, 0.29) is 24.1 Å². The number of likely N-dealkylation sites (N-methyl/N-ethyl adjacent to an activating group) is 1. The lowest BCUT2D eigenvalue weighted by molar-refractivity contribution is -0.133. The molecule has 0 aromatic heterocycles. The minimum Gasteiger partial charge on any atom is -0.508 e. The average Bonchev–Trinajstić information content (AvgIpc) is 2.56. The molecule has 0 saturated carbocycles. The maximum Gasteiger partial charge on any atom is 0.225 e. The van der Waals surface area contributed by atoms with Gasteiger partial charge < -0.3 is 15.1 Å². The Labute approximate surface area is 141 Å². The highest BCUT2D eigenvalue weighted by Crippen LogP contribution is 2.20. The first kappa shape index (κ1) is 17.9. The number of amides is 1. The molecule has 0 aliphatic rings. The highest BCUT2D eigenvalue weighted by molar-refractivity contribution is 5.77. The molecule has 0 fully saturated rings. The van der Waals surface area contributed by atoms with E-state index in [9.17, 15) is 19.4 Å². The van der Waals surface area contributed by atoms with E-state index in [1.165, 1.54) is 18.2 Å². The topological polar surface area (TPSA) is 60.8 Å². The molecule has 2 unspecified atom stereocenters. The highest BCUT2D eigenvalue weighted by Gasteiger charge is 2.20. The first-order valence-electron chi connectivity index (χ1n) is 7.84. The molecule has 1 amide bonds. The van der Waals surface area contributed by atoms with Gasteiger partial charge >= 0.3 is 0 Å². The first-order valence-corrected chi connectivity index (χ1v) is 7.84. The number of phenolic OH excluding ortho intramolecular Hbond substituents is 1. The number of hydrogen-bond donors (Lipinski definition) is 2. The van der Waals surface area contributed by atoms with Crippen molar-refractivity contribution in [3.63, 3.8) is 0 Å². The number of benzene rings is 2. The van der Waals surface area contributed by atoms with Gasteiger partial charge in [0.25, 0.3) is 0 Å². The van der Waals surface area contributed by atoms with Crippen molar-refractivity contribution in [2.24, 2.45) is 0 Å². The van der Waals surface area contributed by atoms with Gasteiger partial charge in [0.1, 0.15) is 11.6 Å². The van der Waals surface area contributed by atoms with E-state index in [0.717, 1.165) is 5.56 Å². The number of nitrogens with zero attached hydrogens (tertiary/aromatic N) is 1. The zero-order valence-electron chi connectivity index (χ0n) is 13.8. The normalized spacial score (nSPS) is 13.3. The standard InChI is InChI=1S/C19H22FNO3/c1-13(10-14-6-8-17(22)9-7-14)21(2)19(24)12-18(23)15-4-3-5-16(20)11-15/h3-9,11,13,18,22-23H,10,12H2,1-2H3. The Kier molecular flexibility index (Phi) is 5.93. The fourth-order valence-electron chi connectivity index (χ4n) is 2.50. The summed E-state index contributed by atoms with van der Waals surface area (Å²) >= 11 is 0. The number of carbonyl (C=O) groups excluding carboxylic acids is 1. The summed E-state index contributed by atoms with van der Waals surface area (Å²) in [5.41, 5.74) is 1.40. The van der Waals surface area contributed by atoms with E-state index in [2.05, 4.69) is 0 Å². The number of aromatic hydroxyl groups is 1. The smallest absolute Gasteiger partial charge is 0.225 e. The Balaban J connectivity index is 1.94. The van der Waals surface area contributed by atoms with Gasteiger partial charge in [0, 0.05) is 13.1 Å².